The number of hydrogen-bond acceptors (Lipinski definition) is 6. The molecule has 0 radical (unpaired) electrons. The largest absolute Gasteiger partial charge is 0.497 e. The van der Waals surface area contributed by atoms with Gasteiger partial charge in [0, 0.05) is 12.5 Å². The molecule has 1 N–H and O–H groups in total. The summed E-state index contributed by atoms with van der Waals surface area (Å²) in [6.07, 6.45) is 0.732. The molecule has 2 aromatic rings. The first-order chi connectivity index (χ1) is 11.1. The van der Waals surface area contributed by atoms with Crippen LogP contribution < -0.4 is 10.1 Å². The molecule has 1 aromatic carbocycles. The van der Waals surface area contributed by atoms with E-state index in [1.165, 1.54) is 0 Å². The first-order valence-electron chi connectivity index (χ1n) is 7.08. The highest BCUT2D eigenvalue weighted by molar-refractivity contribution is 5.91. The minimum atomic E-state index is -0.462. The molecule has 0 saturated carbocycles. The zero-order valence-electron chi connectivity index (χ0n) is 13.0. The van der Waals surface area contributed by atoms with Gasteiger partial charge in [-0.2, -0.15) is 0 Å². The van der Waals surface area contributed by atoms with Crippen LogP contribution in [0.1, 0.15) is 17.7 Å². The van der Waals surface area contributed by atoms with E-state index < -0.39 is 11.9 Å². The highest BCUT2D eigenvalue weighted by atomic mass is 16.5. The Bertz CT molecular complexity index is 663. The fourth-order valence-electron chi connectivity index (χ4n) is 1.86. The molecule has 0 aliphatic carbocycles. The van der Waals surface area contributed by atoms with Gasteiger partial charge in [0.25, 0.3) is 5.91 Å². The number of rotatable bonds is 7. The van der Waals surface area contributed by atoms with E-state index in [0.717, 1.165) is 11.3 Å². The van der Waals surface area contributed by atoms with Gasteiger partial charge in [0.2, 0.25) is 0 Å². The predicted molar refractivity (Wildman–Crippen MR) is 82.1 cm³/mol. The van der Waals surface area contributed by atoms with Crippen LogP contribution >= 0.6 is 0 Å². The Morgan fingerprint density at radius 1 is 1.26 bits per heavy atom. The molecule has 23 heavy (non-hydrogen) atoms. The smallest absolute Gasteiger partial charge is 0.306 e. The lowest BCUT2D eigenvalue weighted by atomic mass is 10.1. The van der Waals surface area contributed by atoms with Gasteiger partial charge < -0.3 is 19.3 Å². The van der Waals surface area contributed by atoms with Crippen LogP contribution in [0.3, 0.4) is 0 Å². The van der Waals surface area contributed by atoms with Crippen LogP contribution in [0.15, 0.2) is 34.9 Å². The summed E-state index contributed by atoms with van der Waals surface area (Å²) in [6.45, 7) is 1.36. The number of benzene rings is 1. The summed E-state index contributed by atoms with van der Waals surface area (Å²) in [5.74, 6) is 0.734. The normalized spacial score (nSPS) is 10.2. The maximum Gasteiger partial charge on any atom is 0.306 e. The molecule has 1 aromatic heterocycles. The first-order valence-corrected chi connectivity index (χ1v) is 7.08. The number of nitrogens with one attached hydrogen (secondary N) is 1. The molecular formula is C16H18N2O5. The van der Waals surface area contributed by atoms with Crippen molar-refractivity contribution in [3.8, 4) is 5.75 Å². The van der Waals surface area contributed by atoms with Gasteiger partial charge in [-0.05, 0) is 31.0 Å². The topological polar surface area (TPSA) is 90.7 Å². The molecule has 7 heteroatoms. The lowest BCUT2D eigenvalue weighted by Gasteiger charge is -2.05. The van der Waals surface area contributed by atoms with Crippen molar-refractivity contribution in [3.63, 3.8) is 0 Å². The van der Waals surface area contributed by atoms with E-state index in [4.69, 9.17) is 14.0 Å². The van der Waals surface area contributed by atoms with E-state index in [-0.39, 0.29) is 13.0 Å². The monoisotopic (exact) mass is 318 g/mol. The number of aromatic nitrogens is 1. The first kappa shape index (κ1) is 16.5. The molecule has 1 heterocycles. The maximum absolute atomic E-state index is 11.6. The van der Waals surface area contributed by atoms with Crippen molar-refractivity contribution >= 4 is 17.7 Å². The number of esters is 1. The molecule has 0 saturated heterocycles. The summed E-state index contributed by atoms with van der Waals surface area (Å²) in [5, 5.41) is 6.08. The van der Waals surface area contributed by atoms with E-state index in [2.05, 4.69) is 10.5 Å². The van der Waals surface area contributed by atoms with Crippen molar-refractivity contribution < 1.29 is 23.6 Å². The summed E-state index contributed by atoms with van der Waals surface area (Å²) in [6, 6.07) is 8.99. The zero-order chi connectivity index (χ0) is 16.7. The van der Waals surface area contributed by atoms with Crippen LogP contribution in [0, 0.1) is 6.92 Å². The maximum atomic E-state index is 11.6. The molecule has 0 aliphatic heterocycles. The number of methoxy groups -OCH3 is 1. The summed E-state index contributed by atoms with van der Waals surface area (Å²) in [4.78, 5) is 23.2. The van der Waals surface area contributed by atoms with Gasteiger partial charge in [-0.1, -0.05) is 17.3 Å². The Morgan fingerprint density at radius 2 is 2.00 bits per heavy atom. The molecular weight excluding hydrogens is 300 g/mol. The number of amides is 1. The van der Waals surface area contributed by atoms with Gasteiger partial charge in [-0.15, -0.1) is 0 Å². The van der Waals surface area contributed by atoms with Gasteiger partial charge in [0.05, 0.1) is 7.11 Å². The molecule has 0 fully saturated rings. The van der Waals surface area contributed by atoms with Gasteiger partial charge in [-0.25, -0.2) is 0 Å². The fourth-order valence-corrected chi connectivity index (χ4v) is 1.86. The van der Waals surface area contributed by atoms with E-state index >= 15 is 0 Å². The van der Waals surface area contributed by atoms with E-state index in [9.17, 15) is 9.59 Å². The summed E-state index contributed by atoms with van der Waals surface area (Å²) in [5.41, 5.74) is 0.991. The number of aryl methyl sites for hydroxylation is 2. The van der Waals surface area contributed by atoms with Crippen LogP contribution in [-0.2, 0) is 20.7 Å². The summed E-state index contributed by atoms with van der Waals surface area (Å²) >= 11 is 0. The van der Waals surface area contributed by atoms with Crippen molar-refractivity contribution in [3.05, 3.63) is 41.7 Å². The van der Waals surface area contributed by atoms with E-state index in [1.807, 2.05) is 24.3 Å². The van der Waals surface area contributed by atoms with Gasteiger partial charge in [0.1, 0.15) is 11.5 Å². The van der Waals surface area contributed by atoms with Gasteiger partial charge >= 0.3 is 5.97 Å². The third-order valence-electron chi connectivity index (χ3n) is 3.04. The minimum Gasteiger partial charge on any atom is -0.497 e. The Hall–Kier alpha value is -2.83. The quantitative estimate of drug-likeness (QED) is 0.786. The van der Waals surface area contributed by atoms with E-state index in [0.29, 0.717) is 18.0 Å². The van der Waals surface area contributed by atoms with E-state index in [1.54, 1.807) is 20.1 Å². The average molecular weight is 318 g/mol. The fraction of sp³-hybridized carbons (Fsp3) is 0.312. The summed E-state index contributed by atoms with van der Waals surface area (Å²) < 4.78 is 14.8. The standard InChI is InChI=1S/C16H18N2O5/c1-11-9-14(18-23-11)17-15(19)10-22-16(20)8-5-12-3-6-13(21-2)7-4-12/h3-4,6-7,9H,5,8,10H2,1-2H3,(H,17,18,19). The number of carbonyl (C=O) groups is 2. The highest BCUT2D eigenvalue weighted by Crippen LogP contribution is 2.12. The number of ether oxygens (including phenoxy) is 2. The van der Waals surface area contributed by atoms with Crippen molar-refractivity contribution in [1.82, 2.24) is 5.16 Å². The molecule has 1 amide bonds. The Labute approximate surface area is 133 Å². The molecule has 0 bridgehead atoms. The molecule has 0 unspecified atom stereocenters. The summed E-state index contributed by atoms with van der Waals surface area (Å²) in [7, 11) is 1.60. The molecule has 0 atom stereocenters. The molecule has 2 rings (SSSR count). The second-order valence-corrected chi connectivity index (χ2v) is 4.88. The van der Waals surface area contributed by atoms with Gasteiger partial charge in [-0.3, -0.25) is 9.59 Å². The number of nitrogens with zero attached hydrogens (tertiary/aromatic N) is 1. The lowest BCUT2D eigenvalue weighted by Crippen LogP contribution is -2.21. The second kappa shape index (κ2) is 7.98. The number of anilines is 1. The second-order valence-electron chi connectivity index (χ2n) is 4.88. The van der Waals surface area contributed by atoms with Crippen LogP contribution in [-0.4, -0.2) is 30.7 Å². The number of hydrogen-bond donors (Lipinski definition) is 1. The van der Waals surface area contributed by atoms with Crippen molar-refractivity contribution in [2.24, 2.45) is 0 Å². The minimum absolute atomic E-state index is 0.197. The molecule has 0 spiro atoms. The number of carbonyl (C=O) groups excluding carboxylic acids is 2. The lowest BCUT2D eigenvalue weighted by molar-refractivity contribution is -0.147. The third kappa shape index (κ3) is 5.46. The van der Waals surface area contributed by atoms with Crippen molar-refractivity contribution in [1.29, 1.82) is 0 Å². The SMILES string of the molecule is COc1ccc(CCC(=O)OCC(=O)Nc2cc(C)on2)cc1. The van der Waals surface area contributed by atoms with Crippen LogP contribution in [0.25, 0.3) is 0 Å². The predicted octanol–water partition coefficient (Wildman–Crippen LogP) is 2.11. The van der Waals surface area contributed by atoms with Crippen LogP contribution in [0.4, 0.5) is 5.82 Å². The molecule has 122 valence electrons. The Morgan fingerprint density at radius 3 is 2.61 bits per heavy atom. The van der Waals surface area contributed by atoms with Crippen LogP contribution in [0.5, 0.6) is 5.75 Å². The highest BCUT2D eigenvalue weighted by Gasteiger charge is 2.10. The third-order valence-corrected chi connectivity index (χ3v) is 3.04. The van der Waals surface area contributed by atoms with Crippen molar-refractivity contribution in [2.75, 3.05) is 19.0 Å². The Kier molecular flexibility index (Phi) is 5.74. The van der Waals surface area contributed by atoms with Crippen molar-refractivity contribution in [2.45, 2.75) is 19.8 Å². The van der Waals surface area contributed by atoms with Gasteiger partial charge in [0.15, 0.2) is 12.4 Å². The average Bonchev–Trinajstić information content (AvgIpc) is 2.96. The molecule has 0 aliphatic rings. The Balaban J connectivity index is 1.68. The molecule has 7 nitrogen and oxygen atoms in total. The zero-order valence-corrected chi connectivity index (χ0v) is 13.0. The van der Waals surface area contributed by atoms with Crippen LogP contribution in [0.2, 0.25) is 0 Å².